The van der Waals surface area contributed by atoms with Crippen LogP contribution in [0, 0.1) is 6.92 Å². The first-order chi connectivity index (χ1) is 11.6. The molecule has 0 amide bonds. The average Bonchev–Trinajstić information content (AvgIpc) is 3.00. The standard InChI is InChI=1S/C15H14BrF3N2O3S/c1-9-6-13(21-4-2-3-5-21)10-7-11(16)14(8-12(10)20-9)24-25(22,23)15(17,18)19/h6-8H,2-5H2,1H3. The summed E-state index contributed by atoms with van der Waals surface area (Å²) in [4.78, 5) is 6.48. The van der Waals surface area contributed by atoms with Crippen LogP contribution in [-0.2, 0) is 10.1 Å². The molecular weight excluding hydrogens is 425 g/mol. The van der Waals surface area contributed by atoms with Gasteiger partial charge < -0.3 is 9.08 Å². The zero-order valence-electron chi connectivity index (χ0n) is 13.1. The van der Waals surface area contributed by atoms with Gasteiger partial charge in [-0.3, -0.25) is 4.98 Å². The number of alkyl halides is 3. The van der Waals surface area contributed by atoms with Crippen molar-refractivity contribution in [3.8, 4) is 5.75 Å². The van der Waals surface area contributed by atoms with Crippen molar-refractivity contribution in [2.24, 2.45) is 0 Å². The summed E-state index contributed by atoms with van der Waals surface area (Å²) in [5.74, 6) is -0.449. The normalized spacial score (nSPS) is 15.8. The van der Waals surface area contributed by atoms with Gasteiger partial charge in [-0.05, 0) is 47.8 Å². The molecule has 0 saturated carbocycles. The van der Waals surface area contributed by atoms with Gasteiger partial charge in [0.25, 0.3) is 0 Å². The van der Waals surface area contributed by atoms with Crippen LogP contribution in [0.15, 0.2) is 22.7 Å². The molecule has 1 aliphatic heterocycles. The first-order valence-electron chi connectivity index (χ1n) is 7.45. The molecule has 5 nitrogen and oxygen atoms in total. The first kappa shape index (κ1) is 18.2. The number of anilines is 1. The molecule has 1 aliphatic rings. The van der Waals surface area contributed by atoms with Crippen LogP contribution < -0.4 is 9.08 Å². The largest absolute Gasteiger partial charge is 0.534 e. The van der Waals surface area contributed by atoms with Crippen molar-refractivity contribution in [2.45, 2.75) is 25.3 Å². The second kappa shape index (κ2) is 6.31. The second-order valence-corrected chi connectivity index (χ2v) is 8.15. The molecule has 0 radical (unpaired) electrons. The highest BCUT2D eigenvalue weighted by Crippen LogP contribution is 2.38. The van der Waals surface area contributed by atoms with Crippen molar-refractivity contribution in [1.29, 1.82) is 0 Å². The van der Waals surface area contributed by atoms with Gasteiger partial charge in [-0.25, -0.2) is 0 Å². The SMILES string of the molecule is Cc1cc(N2CCCC2)c2cc(Br)c(OS(=O)(=O)C(F)(F)F)cc2n1. The molecule has 1 saturated heterocycles. The molecule has 10 heteroatoms. The summed E-state index contributed by atoms with van der Waals surface area (Å²) in [5.41, 5.74) is -3.52. The fraction of sp³-hybridized carbons (Fsp3) is 0.400. The second-order valence-electron chi connectivity index (χ2n) is 5.76. The van der Waals surface area contributed by atoms with Gasteiger partial charge in [-0.15, -0.1) is 0 Å². The van der Waals surface area contributed by atoms with Crippen molar-refractivity contribution >= 4 is 42.6 Å². The molecule has 0 spiro atoms. The fourth-order valence-corrected chi connectivity index (χ4v) is 3.79. The summed E-state index contributed by atoms with van der Waals surface area (Å²) < 4.78 is 64.5. The molecule has 0 unspecified atom stereocenters. The molecule has 25 heavy (non-hydrogen) atoms. The van der Waals surface area contributed by atoms with E-state index in [9.17, 15) is 21.6 Å². The summed E-state index contributed by atoms with van der Waals surface area (Å²) in [6, 6.07) is 4.65. The van der Waals surface area contributed by atoms with Gasteiger partial charge >= 0.3 is 15.6 Å². The Labute approximate surface area is 151 Å². The maximum absolute atomic E-state index is 12.5. The molecule has 1 aromatic carbocycles. The number of nitrogens with zero attached hydrogens (tertiary/aromatic N) is 2. The Morgan fingerprint density at radius 1 is 1.20 bits per heavy atom. The third-order valence-electron chi connectivity index (χ3n) is 3.90. The van der Waals surface area contributed by atoms with E-state index in [1.807, 2.05) is 6.07 Å². The number of hydrogen-bond donors (Lipinski definition) is 0. The molecule has 1 fully saturated rings. The van der Waals surface area contributed by atoms with E-state index in [4.69, 9.17) is 0 Å². The topological polar surface area (TPSA) is 59.5 Å². The lowest BCUT2D eigenvalue weighted by Gasteiger charge is -2.21. The summed E-state index contributed by atoms with van der Waals surface area (Å²) in [6.45, 7) is 3.54. The van der Waals surface area contributed by atoms with Gasteiger partial charge in [0.1, 0.15) is 0 Å². The molecule has 136 valence electrons. The number of rotatable bonds is 3. The average molecular weight is 439 g/mol. The molecule has 0 atom stereocenters. The van der Waals surface area contributed by atoms with Crippen LogP contribution in [-0.4, -0.2) is 32.0 Å². The Bertz CT molecular complexity index is 926. The lowest BCUT2D eigenvalue weighted by molar-refractivity contribution is -0.0500. The molecule has 2 heterocycles. The number of pyridine rings is 1. The minimum atomic E-state index is -5.75. The monoisotopic (exact) mass is 438 g/mol. The maximum atomic E-state index is 12.5. The van der Waals surface area contributed by atoms with E-state index < -0.39 is 21.4 Å². The Hall–Kier alpha value is -1.55. The predicted octanol–water partition coefficient (Wildman–Crippen LogP) is 4.13. The Morgan fingerprint density at radius 3 is 2.44 bits per heavy atom. The van der Waals surface area contributed by atoms with Crippen LogP contribution in [0.4, 0.5) is 18.9 Å². The van der Waals surface area contributed by atoms with Crippen LogP contribution in [0.3, 0.4) is 0 Å². The van der Waals surface area contributed by atoms with Crippen LogP contribution in [0.2, 0.25) is 0 Å². The number of benzene rings is 1. The zero-order chi connectivity index (χ0) is 18.4. The van der Waals surface area contributed by atoms with Crippen LogP contribution in [0.25, 0.3) is 10.9 Å². The minimum Gasteiger partial charge on any atom is -0.375 e. The molecule has 2 aromatic rings. The first-order valence-corrected chi connectivity index (χ1v) is 9.65. The zero-order valence-corrected chi connectivity index (χ0v) is 15.5. The van der Waals surface area contributed by atoms with Crippen LogP contribution in [0.5, 0.6) is 5.75 Å². The quantitative estimate of drug-likeness (QED) is 0.532. The summed E-state index contributed by atoms with van der Waals surface area (Å²) in [6.07, 6.45) is 2.13. The number of fused-ring (bicyclic) bond motifs is 1. The van der Waals surface area contributed by atoms with E-state index >= 15 is 0 Å². The van der Waals surface area contributed by atoms with E-state index in [-0.39, 0.29) is 4.47 Å². The molecule has 1 aromatic heterocycles. The molecule has 0 N–H and O–H groups in total. The lowest BCUT2D eigenvalue weighted by Crippen LogP contribution is -2.28. The Kier molecular flexibility index (Phi) is 4.61. The smallest absolute Gasteiger partial charge is 0.375 e. The number of aromatic nitrogens is 1. The summed E-state index contributed by atoms with van der Waals surface area (Å²) in [5, 5.41) is 0.719. The van der Waals surface area contributed by atoms with Crippen molar-refractivity contribution in [1.82, 2.24) is 4.98 Å². The number of aryl methyl sites for hydroxylation is 1. The highest BCUT2D eigenvalue weighted by atomic mass is 79.9. The predicted molar refractivity (Wildman–Crippen MR) is 91.2 cm³/mol. The third kappa shape index (κ3) is 3.55. The van der Waals surface area contributed by atoms with Crippen molar-refractivity contribution in [3.63, 3.8) is 0 Å². The van der Waals surface area contributed by atoms with E-state index in [1.165, 1.54) is 12.1 Å². The third-order valence-corrected chi connectivity index (χ3v) is 5.48. The maximum Gasteiger partial charge on any atom is 0.534 e. The van der Waals surface area contributed by atoms with E-state index in [2.05, 4.69) is 30.0 Å². The molecule has 3 rings (SSSR count). The minimum absolute atomic E-state index is 0.110. The van der Waals surface area contributed by atoms with Gasteiger partial charge in [-0.2, -0.15) is 21.6 Å². The molecular formula is C15H14BrF3N2O3S. The van der Waals surface area contributed by atoms with E-state index in [0.29, 0.717) is 11.2 Å². The number of hydrogen-bond acceptors (Lipinski definition) is 5. The lowest BCUT2D eigenvalue weighted by atomic mass is 10.1. The summed E-state index contributed by atoms with van der Waals surface area (Å²) >= 11 is 3.10. The molecule has 0 aliphatic carbocycles. The van der Waals surface area contributed by atoms with Gasteiger partial charge in [0.2, 0.25) is 0 Å². The van der Waals surface area contributed by atoms with Gasteiger partial charge in [0, 0.05) is 35.9 Å². The Balaban J connectivity index is 2.11. The highest BCUT2D eigenvalue weighted by Gasteiger charge is 2.48. The van der Waals surface area contributed by atoms with Crippen LogP contribution >= 0.6 is 15.9 Å². The van der Waals surface area contributed by atoms with Gasteiger partial charge in [0.05, 0.1) is 9.99 Å². The highest BCUT2D eigenvalue weighted by molar-refractivity contribution is 9.10. The van der Waals surface area contributed by atoms with Crippen molar-refractivity contribution in [3.05, 3.63) is 28.4 Å². The van der Waals surface area contributed by atoms with Crippen molar-refractivity contribution < 1.29 is 25.8 Å². The van der Waals surface area contributed by atoms with Crippen LogP contribution in [0.1, 0.15) is 18.5 Å². The fourth-order valence-electron chi connectivity index (χ4n) is 2.79. The van der Waals surface area contributed by atoms with E-state index in [0.717, 1.165) is 37.0 Å². The van der Waals surface area contributed by atoms with Crippen molar-refractivity contribution in [2.75, 3.05) is 18.0 Å². The summed E-state index contributed by atoms with van der Waals surface area (Å²) in [7, 11) is -5.75. The Morgan fingerprint density at radius 2 is 1.84 bits per heavy atom. The van der Waals surface area contributed by atoms with Gasteiger partial charge in [0.15, 0.2) is 5.75 Å². The number of halogens is 4. The van der Waals surface area contributed by atoms with E-state index in [1.54, 1.807) is 6.92 Å². The van der Waals surface area contributed by atoms with Gasteiger partial charge in [-0.1, -0.05) is 0 Å². The molecule has 0 bridgehead atoms.